The quantitative estimate of drug-likeness (QED) is 0.902. The van der Waals surface area contributed by atoms with E-state index in [1.165, 1.54) is 6.33 Å². The van der Waals surface area contributed by atoms with Gasteiger partial charge in [0.2, 0.25) is 0 Å². The van der Waals surface area contributed by atoms with Crippen LogP contribution in [0.2, 0.25) is 5.02 Å². The SMILES string of the molecule is O=C(Nc1ccc(Cl)cc1)Nc1cc(N2CCOCC2)ncn1. The predicted octanol–water partition coefficient (Wildman–Crippen LogP) is 2.61. The number of benzene rings is 1. The summed E-state index contributed by atoms with van der Waals surface area (Å²) in [5.41, 5.74) is 0.648. The number of urea groups is 1. The molecule has 0 radical (unpaired) electrons. The minimum Gasteiger partial charge on any atom is -0.378 e. The fourth-order valence-electron chi connectivity index (χ4n) is 2.19. The van der Waals surface area contributed by atoms with Gasteiger partial charge < -0.3 is 15.0 Å². The van der Waals surface area contributed by atoms with Gasteiger partial charge >= 0.3 is 6.03 Å². The van der Waals surface area contributed by atoms with Crippen LogP contribution in [0.1, 0.15) is 0 Å². The highest BCUT2D eigenvalue weighted by molar-refractivity contribution is 6.30. The molecule has 2 amide bonds. The number of anilines is 3. The molecule has 0 aliphatic carbocycles. The molecule has 120 valence electrons. The van der Waals surface area contributed by atoms with E-state index in [1.807, 2.05) is 0 Å². The molecule has 23 heavy (non-hydrogen) atoms. The van der Waals surface area contributed by atoms with E-state index in [2.05, 4.69) is 25.5 Å². The summed E-state index contributed by atoms with van der Waals surface area (Å²) < 4.78 is 5.32. The molecule has 2 N–H and O–H groups in total. The standard InChI is InChI=1S/C15H16ClN5O2/c16-11-1-3-12(4-2-11)19-15(22)20-13-9-14(18-10-17-13)21-5-7-23-8-6-21/h1-4,9-10H,5-8H2,(H2,17,18,19,20,22). The Labute approximate surface area is 138 Å². The molecular weight excluding hydrogens is 318 g/mol. The van der Waals surface area contributed by atoms with Crippen molar-refractivity contribution in [3.05, 3.63) is 41.7 Å². The molecule has 8 heteroatoms. The number of amides is 2. The van der Waals surface area contributed by atoms with Crippen molar-refractivity contribution >= 4 is 35.0 Å². The number of hydrogen-bond donors (Lipinski definition) is 2. The molecule has 1 fully saturated rings. The third-order valence-corrected chi connectivity index (χ3v) is 3.58. The maximum absolute atomic E-state index is 12.0. The summed E-state index contributed by atoms with van der Waals surface area (Å²) in [6.07, 6.45) is 1.43. The second-order valence-corrected chi connectivity index (χ2v) is 5.38. The van der Waals surface area contributed by atoms with Crippen LogP contribution >= 0.6 is 11.6 Å². The highest BCUT2D eigenvalue weighted by atomic mass is 35.5. The molecular formula is C15H16ClN5O2. The Balaban J connectivity index is 1.62. The number of aromatic nitrogens is 2. The first-order chi connectivity index (χ1) is 11.2. The van der Waals surface area contributed by atoms with Crippen molar-refractivity contribution < 1.29 is 9.53 Å². The van der Waals surface area contributed by atoms with Crippen LogP contribution < -0.4 is 15.5 Å². The van der Waals surface area contributed by atoms with Crippen LogP contribution in [0, 0.1) is 0 Å². The van der Waals surface area contributed by atoms with E-state index < -0.39 is 0 Å². The van der Waals surface area contributed by atoms with Crippen molar-refractivity contribution in [1.82, 2.24) is 9.97 Å². The van der Waals surface area contributed by atoms with Gasteiger partial charge in [-0.3, -0.25) is 5.32 Å². The molecule has 1 aliphatic heterocycles. The van der Waals surface area contributed by atoms with Gasteiger partial charge in [-0.1, -0.05) is 11.6 Å². The van der Waals surface area contributed by atoms with Gasteiger partial charge in [0, 0.05) is 29.9 Å². The Kier molecular flexibility index (Phi) is 4.89. The Morgan fingerprint density at radius 3 is 2.61 bits per heavy atom. The molecule has 7 nitrogen and oxygen atoms in total. The van der Waals surface area contributed by atoms with Gasteiger partial charge in [0.15, 0.2) is 0 Å². The number of morpholine rings is 1. The van der Waals surface area contributed by atoms with E-state index in [0.717, 1.165) is 18.9 Å². The molecule has 1 aromatic carbocycles. The van der Waals surface area contributed by atoms with Crippen LogP contribution in [-0.2, 0) is 4.74 Å². The van der Waals surface area contributed by atoms with Crippen molar-refractivity contribution in [2.45, 2.75) is 0 Å². The predicted molar refractivity (Wildman–Crippen MR) is 89.2 cm³/mol. The van der Waals surface area contributed by atoms with E-state index in [1.54, 1.807) is 30.3 Å². The van der Waals surface area contributed by atoms with Crippen molar-refractivity contribution in [3.63, 3.8) is 0 Å². The summed E-state index contributed by atoms with van der Waals surface area (Å²) in [6.45, 7) is 2.88. The maximum Gasteiger partial charge on any atom is 0.324 e. The molecule has 0 unspecified atom stereocenters. The minimum absolute atomic E-state index is 0.376. The van der Waals surface area contributed by atoms with Crippen LogP contribution in [0.5, 0.6) is 0 Å². The van der Waals surface area contributed by atoms with Crippen LogP contribution in [0.3, 0.4) is 0 Å². The van der Waals surface area contributed by atoms with Gasteiger partial charge in [-0.2, -0.15) is 0 Å². The summed E-state index contributed by atoms with van der Waals surface area (Å²) in [6, 6.07) is 8.23. The van der Waals surface area contributed by atoms with Crippen LogP contribution in [-0.4, -0.2) is 42.3 Å². The van der Waals surface area contributed by atoms with Crippen LogP contribution in [0.15, 0.2) is 36.7 Å². The van der Waals surface area contributed by atoms with E-state index in [9.17, 15) is 4.79 Å². The van der Waals surface area contributed by atoms with Gasteiger partial charge in [0.1, 0.15) is 18.0 Å². The lowest BCUT2D eigenvalue weighted by molar-refractivity contribution is 0.122. The molecule has 3 rings (SSSR count). The smallest absolute Gasteiger partial charge is 0.324 e. The number of carbonyl (C=O) groups is 1. The normalized spacial score (nSPS) is 14.4. The Morgan fingerprint density at radius 2 is 1.87 bits per heavy atom. The lowest BCUT2D eigenvalue weighted by Gasteiger charge is -2.27. The lowest BCUT2D eigenvalue weighted by atomic mass is 10.3. The van der Waals surface area contributed by atoms with Gasteiger partial charge in [-0.05, 0) is 24.3 Å². The molecule has 1 saturated heterocycles. The number of halogens is 1. The van der Waals surface area contributed by atoms with E-state index in [0.29, 0.717) is 29.7 Å². The lowest BCUT2D eigenvalue weighted by Crippen LogP contribution is -2.36. The first-order valence-electron chi connectivity index (χ1n) is 7.19. The zero-order valence-electron chi connectivity index (χ0n) is 12.3. The highest BCUT2D eigenvalue weighted by Gasteiger charge is 2.13. The van der Waals surface area contributed by atoms with Gasteiger partial charge in [-0.25, -0.2) is 14.8 Å². The third-order valence-electron chi connectivity index (χ3n) is 3.33. The summed E-state index contributed by atoms with van der Waals surface area (Å²) in [7, 11) is 0. The zero-order valence-corrected chi connectivity index (χ0v) is 13.1. The molecule has 0 spiro atoms. The minimum atomic E-state index is -0.376. The average molecular weight is 334 g/mol. The highest BCUT2D eigenvalue weighted by Crippen LogP contribution is 2.16. The number of rotatable bonds is 3. The summed E-state index contributed by atoms with van der Waals surface area (Å²) in [5.74, 6) is 1.21. The molecule has 0 atom stereocenters. The summed E-state index contributed by atoms with van der Waals surface area (Å²) in [5, 5.41) is 6.02. The number of ether oxygens (including phenoxy) is 1. The number of carbonyl (C=O) groups excluding carboxylic acids is 1. The maximum atomic E-state index is 12.0. The number of nitrogens with one attached hydrogen (secondary N) is 2. The fourth-order valence-corrected chi connectivity index (χ4v) is 2.32. The van der Waals surface area contributed by atoms with Crippen molar-refractivity contribution in [2.24, 2.45) is 0 Å². The van der Waals surface area contributed by atoms with Gasteiger partial charge in [0.25, 0.3) is 0 Å². The Morgan fingerprint density at radius 1 is 1.13 bits per heavy atom. The third kappa shape index (κ3) is 4.30. The van der Waals surface area contributed by atoms with E-state index in [-0.39, 0.29) is 6.03 Å². The Hall–Kier alpha value is -2.38. The first-order valence-corrected chi connectivity index (χ1v) is 7.57. The van der Waals surface area contributed by atoms with E-state index >= 15 is 0 Å². The topological polar surface area (TPSA) is 79.4 Å². The van der Waals surface area contributed by atoms with E-state index in [4.69, 9.17) is 16.3 Å². The second-order valence-electron chi connectivity index (χ2n) is 4.95. The molecule has 0 bridgehead atoms. The molecule has 2 aromatic rings. The van der Waals surface area contributed by atoms with Crippen molar-refractivity contribution in [3.8, 4) is 0 Å². The molecule has 1 aromatic heterocycles. The van der Waals surface area contributed by atoms with Gasteiger partial charge in [-0.15, -0.1) is 0 Å². The summed E-state index contributed by atoms with van der Waals surface area (Å²) in [4.78, 5) is 22.4. The van der Waals surface area contributed by atoms with Gasteiger partial charge in [0.05, 0.1) is 13.2 Å². The average Bonchev–Trinajstić information content (AvgIpc) is 2.58. The zero-order chi connectivity index (χ0) is 16.1. The molecule has 1 aliphatic rings. The van der Waals surface area contributed by atoms with Crippen LogP contribution in [0.4, 0.5) is 22.1 Å². The monoisotopic (exact) mass is 333 g/mol. The molecule has 2 heterocycles. The van der Waals surface area contributed by atoms with Crippen molar-refractivity contribution in [2.75, 3.05) is 41.8 Å². The molecule has 0 saturated carbocycles. The largest absolute Gasteiger partial charge is 0.378 e. The van der Waals surface area contributed by atoms with Crippen molar-refractivity contribution in [1.29, 1.82) is 0 Å². The Bertz CT molecular complexity index is 674. The fraction of sp³-hybridized carbons (Fsp3) is 0.267. The summed E-state index contributed by atoms with van der Waals surface area (Å²) >= 11 is 5.81. The first kappa shape index (κ1) is 15.5. The second kappa shape index (κ2) is 7.26. The number of hydrogen-bond acceptors (Lipinski definition) is 5. The van der Waals surface area contributed by atoms with Crippen LogP contribution in [0.25, 0.3) is 0 Å². The number of nitrogens with zero attached hydrogens (tertiary/aromatic N) is 3.